The molecular formula is C73H96Br2IN4O5+. The van der Waals surface area contributed by atoms with Crippen LogP contribution in [0, 0.1) is 0 Å². The van der Waals surface area contributed by atoms with Gasteiger partial charge in [0.2, 0.25) is 11.1 Å². The number of nitrogens with one attached hydrogen (secondary N) is 1. The van der Waals surface area contributed by atoms with Gasteiger partial charge >= 0.3 is 0 Å². The van der Waals surface area contributed by atoms with Crippen LogP contribution < -0.4 is 54.3 Å². The average Bonchev–Trinajstić information content (AvgIpc) is 2.00. The van der Waals surface area contributed by atoms with Crippen molar-refractivity contribution in [2.45, 2.75) is 196 Å². The number of fused-ring (bicyclic) bond motifs is 4. The van der Waals surface area contributed by atoms with E-state index in [9.17, 15) is 14.4 Å². The number of nitrogens with zero attached hydrogens (tertiary/aromatic N) is 3. The molecule has 5 aromatic carbocycles. The van der Waals surface area contributed by atoms with E-state index in [1.165, 1.54) is 102 Å². The van der Waals surface area contributed by atoms with Crippen LogP contribution >= 0.6 is 31.9 Å². The molecule has 0 saturated heterocycles. The van der Waals surface area contributed by atoms with Crippen LogP contribution in [0.25, 0.3) is 6.08 Å². The number of rotatable bonds is 19. The van der Waals surface area contributed by atoms with Crippen molar-refractivity contribution in [1.29, 1.82) is 0 Å². The first-order valence-corrected chi connectivity index (χ1v) is 32.8. The van der Waals surface area contributed by atoms with Gasteiger partial charge in [0.15, 0.2) is 17.2 Å². The van der Waals surface area contributed by atoms with Crippen LogP contribution in [-0.4, -0.2) is 60.4 Å². The third-order valence-corrected chi connectivity index (χ3v) is 19.8. The van der Waals surface area contributed by atoms with Gasteiger partial charge in [-0.1, -0.05) is 162 Å². The Morgan fingerprint density at radius 1 is 0.612 bits per heavy atom. The van der Waals surface area contributed by atoms with E-state index in [0.29, 0.717) is 23.6 Å². The first-order valence-electron chi connectivity index (χ1n) is 31.2. The Labute approximate surface area is 543 Å². The summed E-state index contributed by atoms with van der Waals surface area (Å²) in [7, 11) is 0. The number of unbranched alkanes of at least 4 members (excludes halogenated alkanes) is 6. The number of benzene rings is 4. The van der Waals surface area contributed by atoms with Crippen molar-refractivity contribution in [2.24, 2.45) is 0 Å². The zero-order valence-corrected chi connectivity index (χ0v) is 58.9. The molecule has 0 bridgehead atoms. The van der Waals surface area contributed by atoms with Crippen LogP contribution in [0.4, 0.5) is 22.7 Å². The molecule has 5 aliphatic rings. The van der Waals surface area contributed by atoms with Gasteiger partial charge in [0.1, 0.15) is 12.2 Å². The quantitative estimate of drug-likeness (QED) is 0.0290. The lowest BCUT2D eigenvalue weighted by Crippen LogP contribution is -3.10. The summed E-state index contributed by atoms with van der Waals surface area (Å²) in [6, 6.07) is 31.3. The summed E-state index contributed by atoms with van der Waals surface area (Å²) >= 11 is 7.28. The van der Waals surface area contributed by atoms with Gasteiger partial charge in [0.05, 0.1) is 30.2 Å². The van der Waals surface area contributed by atoms with Gasteiger partial charge in [-0.05, 0) is 139 Å². The lowest BCUT2D eigenvalue weighted by Gasteiger charge is -2.30. The second kappa shape index (κ2) is 28.6. The van der Waals surface area contributed by atoms with Crippen LogP contribution in [0.2, 0.25) is 0 Å². The average molecular weight is 1400 g/mol. The Kier molecular flexibility index (Phi) is 23.4. The van der Waals surface area contributed by atoms with Crippen LogP contribution in [0.5, 0.6) is 5.75 Å². The fraction of sp³-hybridized carbons (Fsp3) is 0.479. The minimum absolute atomic E-state index is 0. The molecule has 5 aromatic rings. The van der Waals surface area contributed by atoms with Crippen LogP contribution in [0.15, 0.2) is 144 Å². The smallest absolute Gasteiger partial charge is 0.268 e. The molecule has 10 rings (SSSR count). The molecule has 1 aliphatic carbocycles. The zero-order chi connectivity index (χ0) is 60.3. The molecular weight excluding hydrogens is 1300 g/mol. The van der Waals surface area contributed by atoms with Crippen LogP contribution in [-0.2, 0) is 26.5 Å². The Bertz CT molecular complexity index is 3480. The molecule has 0 spiro atoms. The molecule has 85 heavy (non-hydrogen) atoms. The molecule has 12 heteroatoms. The summed E-state index contributed by atoms with van der Waals surface area (Å²) < 4.78 is 9.99. The maximum Gasteiger partial charge on any atom is 0.268 e. The molecule has 0 fully saturated rings. The van der Waals surface area contributed by atoms with E-state index >= 15 is 0 Å². The highest BCUT2D eigenvalue weighted by molar-refractivity contribution is 9.10. The van der Waals surface area contributed by atoms with Crippen molar-refractivity contribution < 1.29 is 48.5 Å². The summed E-state index contributed by atoms with van der Waals surface area (Å²) in [5.74, 6) is 0.374. The van der Waals surface area contributed by atoms with Gasteiger partial charge in [-0.3, -0.25) is 19.3 Å². The van der Waals surface area contributed by atoms with E-state index < -0.39 is 10.9 Å². The van der Waals surface area contributed by atoms with Gasteiger partial charge in [-0.25, -0.2) is 0 Å². The van der Waals surface area contributed by atoms with Crippen molar-refractivity contribution >= 4 is 72.2 Å². The monoisotopic (exact) mass is 1390 g/mol. The van der Waals surface area contributed by atoms with Crippen LogP contribution in [0.1, 0.15) is 196 Å². The van der Waals surface area contributed by atoms with Crippen LogP contribution in [0.3, 0.4) is 0 Å². The standard InChI is InChI=1S/C36H44BrN2O.C23H28BrNO3.C14H21N.HI.H2O/c1-8-10-11-14-20-39-31-18-17-25(37)21-29(31)36(6,7)33(39)23-27-24(3)26(34(27)40)22-32-35(4,5)28-15-12-13-16-30(28)38(32)19-9-2;1-5-7-8-9-12-25-18-11-10-15(24)13-17(18)23(3,4)19(25)14-16-20(26)21(27)22(16)28-6-2;1-5-10-15-11(2)14(3,4)12-8-6-7-9-13(12)15;;/h12-13,15-18,21-23H,8-11,14,19-20H2,1-7H3;10-11,13-14H,5-9,12H2,1-4H3;6-9,11H,5,10H2,1-4H3;1H;1H2/q+1;;;;. The number of ketones is 1. The number of allylic oxidation sites excluding steroid dienone is 7. The highest BCUT2D eigenvalue weighted by Gasteiger charge is 2.48. The van der Waals surface area contributed by atoms with Gasteiger partial charge in [0.25, 0.3) is 5.43 Å². The molecule has 9 nitrogen and oxygen atoms in total. The molecule has 2 unspecified atom stereocenters. The number of hydrogen-bond acceptors (Lipinski definition) is 6. The van der Waals surface area contributed by atoms with Gasteiger partial charge in [-0.15, -0.1) is 0 Å². The van der Waals surface area contributed by atoms with Gasteiger partial charge in [-0.2, -0.15) is 4.58 Å². The van der Waals surface area contributed by atoms with Gasteiger partial charge < -0.3 is 44.0 Å². The number of Topliss-reactive ketones (excluding diaryl/α,β-unsaturated/α-hetero) is 1. The first kappa shape index (κ1) is 69.4. The van der Waals surface area contributed by atoms with E-state index in [0.717, 1.165) is 70.3 Å². The van der Waals surface area contributed by atoms with Crippen molar-refractivity contribution in [3.8, 4) is 5.75 Å². The largest absolute Gasteiger partial charge is 1.00 e. The molecule has 0 radical (unpaired) electrons. The molecule has 2 atom stereocenters. The Hall–Kier alpha value is -4.73. The summed E-state index contributed by atoms with van der Waals surface area (Å²) in [5.41, 5.74) is 16.1. The second-order valence-corrected chi connectivity index (χ2v) is 27.6. The highest BCUT2D eigenvalue weighted by Crippen LogP contribution is 2.52. The number of halogens is 3. The van der Waals surface area contributed by atoms with Crippen molar-refractivity contribution in [1.82, 2.24) is 0 Å². The topological polar surface area (TPSA) is 106 Å². The van der Waals surface area contributed by atoms with Crippen molar-refractivity contribution in [3.63, 3.8) is 0 Å². The minimum Gasteiger partial charge on any atom is -1.00 e. The summed E-state index contributed by atoms with van der Waals surface area (Å²) in [6.07, 6.45) is 18.1. The minimum atomic E-state index is -0.515. The predicted octanol–water partition coefficient (Wildman–Crippen LogP) is 13.0. The predicted molar refractivity (Wildman–Crippen MR) is 360 cm³/mol. The number of carbonyl (C=O) groups is 1. The number of carbonyl (C=O) groups excluding carboxylic acids is 1. The van der Waals surface area contributed by atoms with Crippen molar-refractivity contribution in [2.75, 3.05) is 42.6 Å². The number of quaternary nitrogens is 1. The Balaban J connectivity index is 0.000000223. The molecule has 3 N–H and O–H groups in total. The molecule has 4 heterocycles. The molecule has 0 saturated carbocycles. The highest BCUT2D eigenvalue weighted by atomic mass is 127. The number of ether oxygens (including phenoxy) is 1. The molecule has 4 aliphatic heterocycles. The first-order chi connectivity index (χ1) is 39.4. The normalized spacial score (nSPS) is 20.3. The Morgan fingerprint density at radius 2 is 1.14 bits per heavy atom. The van der Waals surface area contributed by atoms with E-state index in [2.05, 4.69) is 240 Å². The number of hydrogen-bond donors (Lipinski definition) is 1. The lowest BCUT2D eigenvalue weighted by atomic mass is 9.75. The summed E-state index contributed by atoms with van der Waals surface area (Å²) in [6.45, 7) is 38.0. The third kappa shape index (κ3) is 13.4. The number of anilines is 2. The molecule has 0 amide bonds. The maximum absolute atomic E-state index is 13.8. The van der Waals surface area contributed by atoms with E-state index in [1.54, 1.807) is 10.5 Å². The summed E-state index contributed by atoms with van der Waals surface area (Å²) in [4.78, 5) is 44.4. The molecule has 458 valence electrons. The number of para-hydroxylation sites is 2. The lowest BCUT2D eigenvalue weighted by molar-refractivity contribution is -0.855. The van der Waals surface area contributed by atoms with E-state index in [1.807, 2.05) is 13.0 Å². The van der Waals surface area contributed by atoms with E-state index in [4.69, 9.17) is 4.74 Å². The fourth-order valence-corrected chi connectivity index (χ4v) is 14.4. The fourth-order valence-electron chi connectivity index (χ4n) is 13.6. The SMILES string of the molecule is CCCCCCN1C(=CC2=C(C)C(=CC3=[N+](CCC)c4ccccc4C3(C)C)C2=O)C(C)(C)c2cc(Br)ccc21.CCCCCCN1C(=Cc2c(OCC)c(=O)c2=O)C(C)(C)c2cc(Br)ccc21.CCC[NH+]1c2ccccc2C(C)(C)C1C.O.[I-]. The maximum atomic E-state index is 13.8. The second-order valence-electron chi connectivity index (χ2n) is 25.8. The van der Waals surface area contributed by atoms with Gasteiger partial charge in [0, 0.05) is 102 Å². The van der Waals surface area contributed by atoms with Crippen molar-refractivity contribution in [3.05, 3.63) is 182 Å². The molecule has 0 aromatic heterocycles. The zero-order valence-electron chi connectivity index (χ0n) is 53.6. The Morgan fingerprint density at radius 3 is 1.66 bits per heavy atom. The van der Waals surface area contributed by atoms with E-state index in [-0.39, 0.29) is 57.2 Å². The third-order valence-electron chi connectivity index (χ3n) is 18.8. The summed E-state index contributed by atoms with van der Waals surface area (Å²) in [5, 5.41) is 0.